The van der Waals surface area contributed by atoms with E-state index in [0.717, 1.165) is 83.8 Å². The van der Waals surface area contributed by atoms with E-state index in [1.54, 1.807) is 0 Å². The highest BCUT2D eigenvalue weighted by Gasteiger charge is 2.13. The Bertz CT molecular complexity index is 2680. The Morgan fingerprint density at radius 3 is 1.73 bits per heavy atom. The van der Waals surface area contributed by atoms with Crippen LogP contribution in [0.3, 0.4) is 0 Å². The molecule has 7 aromatic rings. The van der Waals surface area contributed by atoms with Crippen molar-refractivity contribution in [3.05, 3.63) is 210 Å². The zero-order valence-electron chi connectivity index (χ0n) is 35.5. The van der Waals surface area contributed by atoms with Crippen molar-refractivity contribution in [1.29, 1.82) is 0 Å². The van der Waals surface area contributed by atoms with Crippen molar-refractivity contribution in [3.8, 4) is 33.4 Å². The lowest BCUT2D eigenvalue weighted by Gasteiger charge is -2.15. The third-order valence-corrected chi connectivity index (χ3v) is 9.97. The van der Waals surface area contributed by atoms with Gasteiger partial charge in [-0.05, 0) is 116 Å². The molecule has 0 aliphatic rings. The number of fused-ring (bicyclic) bond motifs is 1. The van der Waals surface area contributed by atoms with Crippen LogP contribution in [0.1, 0.15) is 61.1 Å². The van der Waals surface area contributed by atoms with E-state index in [0.29, 0.717) is 18.2 Å². The van der Waals surface area contributed by atoms with Gasteiger partial charge in [0.2, 0.25) is 0 Å². The Labute approximate surface area is 356 Å². The first-order chi connectivity index (χ1) is 29.3. The van der Waals surface area contributed by atoms with Gasteiger partial charge in [-0.25, -0.2) is 9.98 Å². The van der Waals surface area contributed by atoms with E-state index < -0.39 is 0 Å². The van der Waals surface area contributed by atoms with Gasteiger partial charge in [-0.2, -0.15) is 0 Å². The standard InChI is InChI=1S/C52H44N4.C4H10/c1-6-37-34-49(48-25-16-15-24-47(48)46(37)7-2)43-23-17-22-42(32-43)45-31-36(30-44(33-45)38-26-28-39(29-27-38)50(8-3)53-4)35-55-52(41-20-13-10-14-21-41)56-51(54-5)40-18-11-9-12-19-40;1-4(2)3/h6-34,53H,1-2,5,35H2,3-4H3;4H,1-3H3/b50-8-,55-52?,56-51?;. The van der Waals surface area contributed by atoms with Crippen molar-refractivity contribution < 1.29 is 0 Å². The van der Waals surface area contributed by atoms with Gasteiger partial charge in [-0.3, -0.25) is 4.99 Å². The number of aliphatic imine (C=N–C) groups is 3. The van der Waals surface area contributed by atoms with Crippen LogP contribution in [0.25, 0.3) is 62.0 Å². The Kier molecular flexibility index (Phi) is 14.5. The number of allylic oxidation sites excluding steroid dienone is 1. The third-order valence-electron chi connectivity index (χ3n) is 9.97. The van der Waals surface area contributed by atoms with Crippen LogP contribution in [0.2, 0.25) is 0 Å². The molecule has 0 heterocycles. The Morgan fingerprint density at radius 2 is 1.15 bits per heavy atom. The number of amidine groups is 2. The first-order valence-electron chi connectivity index (χ1n) is 20.5. The summed E-state index contributed by atoms with van der Waals surface area (Å²) in [4.78, 5) is 14.4. The fraction of sp³-hybridized carbons (Fsp3) is 0.125. The maximum absolute atomic E-state index is 5.15. The van der Waals surface area contributed by atoms with Crippen molar-refractivity contribution in [3.63, 3.8) is 0 Å². The number of nitrogens with zero attached hydrogens (tertiary/aromatic N) is 3. The van der Waals surface area contributed by atoms with Gasteiger partial charge in [0, 0.05) is 23.9 Å². The maximum Gasteiger partial charge on any atom is 0.161 e. The van der Waals surface area contributed by atoms with Crippen LogP contribution >= 0.6 is 0 Å². The molecule has 7 rings (SSSR count). The quantitative estimate of drug-likeness (QED) is 0.103. The SMILES string of the molecule is C=Cc1cc(-c2cccc(-c3cc(CN=C(N=C(N=C)c4ccccc4)c4ccccc4)cc(-c4ccc(/C(=C/C)NC)cc4)c3)c2)c2ccccc2c1C=C.CC(C)C. The van der Waals surface area contributed by atoms with Crippen molar-refractivity contribution in [2.24, 2.45) is 20.9 Å². The molecule has 0 saturated heterocycles. The molecule has 0 aliphatic carbocycles. The number of hydrogen-bond acceptors (Lipinski definition) is 2. The fourth-order valence-electron chi connectivity index (χ4n) is 7.16. The van der Waals surface area contributed by atoms with Crippen LogP contribution in [0.4, 0.5) is 0 Å². The van der Waals surface area contributed by atoms with E-state index >= 15 is 0 Å². The predicted molar refractivity (Wildman–Crippen MR) is 263 cm³/mol. The van der Waals surface area contributed by atoms with Gasteiger partial charge in [0.25, 0.3) is 0 Å². The Morgan fingerprint density at radius 1 is 0.583 bits per heavy atom. The zero-order chi connectivity index (χ0) is 42.4. The predicted octanol–water partition coefficient (Wildman–Crippen LogP) is 14.5. The molecule has 4 heteroatoms. The van der Waals surface area contributed by atoms with Crippen molar-refractivity contribution >= 4 is 47.0 Å². The molecule has 0 bridgehead atoms. The Balaban J connectivity index is 0.00000144. The molecule has 0 aliphatic heterocycles. The summed E-state index contributed by atoms with van der Waals surface area (Å²) in [5.74, 6) is 1.95. The first-order valence-corrected chi connectivity index (χ1v) is 20.5. The summed E-state index contributed by atoms with van der Waals surface area (Å²) in [5, 5.41) is 5.63. The smallest absolute Gasteiger partial charge is 0.161 e. The molecule has 0 atom stereocenters. The third kappa shape index (κ3) is 10.3. The molecule has 0 unspecified atom stereocenters. The van der Waals surface area contributed by atoms with E-state index in [-0.39, 0.29) is 0 Å². The van der Waals surface area contributed by atoms with Crippen molar-refractivity contribution in [2.75, 3.05) is 7.05 Å². The molecule has 0 aromatic heterocycles. The lowest BCUT2D eigenvalue weighted by atomic mass is 9.89. The van der Waals surface area contributed by atoms with Crippen LogP contribution in [-0.4, -0.2) is 25.4 Å². The Hall–Kier alpha value is -7.17. The number of nitrogens with one attached hydrogen (secondary N) is 1. The van der Waals surface area contributed by atoms with Crippen LogP contribution < -0.4 is 5.32 Å². The molecular formula is C56H54N4. The van der Waals surface area contributed by atoms with Gasteiger partial charge in [-0.15, -0.1) is 0 Å². The highest BCUT2D eigenvalue weighted by Crippen LogP contribution is 2.37. The minimum absolute atomic E-state index is 0.407. The topological polar surface area (TPSA) is 49.1 Å². The molecule has 0 amide bonds. The van der Waals surface area contributed by atoms with E-state index in [9.17, 15) is 0 Å². The molecule has 0 radical (unpaired) electrons. The molecule has 0 spiro atoms. The van der Waals surface area contributed by atoms with E-state index in [1.165, 1.54) is 5.39 Å². The minimum Gasteiger partial charge on any atom is -0.388 e. The highest BCUT2D eigenvalue weighted by molar-refractivity contribution is 6.12. The minimum atomic E-state index is 0.407. The summed E-state index contributed by atoms with van der Waals surface area (Å²) in [5.41, 5.74) is 13.9. The van der Waals surface area contributed by atoms with Crippen molar-refractivity contribution in [2.45, 2.75) is 34.2 Å². The molecule has 1 N–H and O–H groups in total. The number of hydrogen-bond donors (Lipinski definition) is 1. The van der Waals surface area contributed by atoms with E-state index in [2.05, 4.69) is 154 Å². The summed E-state index contributed by atoms with van der Waals surface area (Å²) in [6.45, 7) is 21.0. The second kappa shape index (κ2) is 20.5. The highest BCUT2D eigenvalue weighted by atomic mass is 15.0. The molecule has 298 valence electrons. The summed E-state index contributed by atoms with van der Waals surface area (Å²) in [7, 11) is 1.95. The molecule has 0 saturated carbocycles. The summed E-state index contributed by atoms with van der Waals surface area (Å²) in [6.07, 6.45) is 5.92. The molecule has 60 heavy (non-hydrogen) atoms. The number of benzene rings is 7. The van der Waals surface area contributed by atoms with Crippen LogP contribution in [0, 0.1) is 5.92 Å². The van der Waals surface area contributed by atoms with Gasteiger partial charge in [-0.1, -0.05) is 180 Å². The van der Waals surface area contributed by atoms with Gasteiger partial charge in [0.15, 0.2) is 11.7 Å². The van der Waals surface area contributed by atoms with Crippen LogP contribution in [-0.2, 0) is 6.54 Å². The molecule has 7 aromatic carbocycles. The van der Waals surface area contributed by atoms with Gasteiger partial charge < -0.3 is 5.32 Å². The monoisotopic (exact) mass is 782 g/mol. The second-order valence-corrected chi connectivity index (χ2v) is 15.1. The van der Waals surface area contributed by atoms with Gasteiger partial charge in [0.05, 0.1) is 6.54 Å². The number of rotatable bonds is 11. The van der Waals surface area contributed by atoms with E-state index in [4.69, 9.17) is 9.98 Å². The van der Waals surface area contributed by atoms with Crippen LogP contribution in [0.15, 0.2) is 192 Å². The molecule has 4 nitrogen and oxygen atoms in total. The first kappa shape index (κ1) is 42.4. The van der Waals surface area contributed by atoms with Gasteiger partial charge in [0.1, 0.15) is 0 Å². The summed E-state index contributed by atoms with van der Waals surface area (Å²) < 4.78 is 0. The summed E-state index contributed by atoms with van der Waals surface area (Å²) >= 11 is 0. The van der Waals surface area contributed by atoms with Gasteiger partial charge >= 0.3 is 0 Å². The van der Waals surface area contributed by atoms with Crippen molar-refractivity contribution in [1.82, 2.24) is 5.32 Å². The molecular weight excluding hydrogens is 729 g/mol. The lowest BCUT2D eigenvalue weighted by molar-refractivity contribution is 0.737. The average molecular weight is 783 g/mol. The second-order valence-electron chi connectivity index (χ2n) is 15.1. The normalized spacial score (nSPS) is 11.8. The maximum atomic E-state index is 5.15. The average Bonchev–Trinajstić information content (AvgIpc) is 3.29. The lowest BCUT2D eigenvalue weighted by Crippen LogP contribution is -2.05. The summed E-state index contributed by atoms with van der Waals surface area (Å²) in [6, 6.07) is 54.9. The largest absolute Gasteiger partial charge is 0.388 e. The molecule has 0 fully saturated rings. The van der Waals surface area contributed by atoms with E-state index in [1.807, 2.05) is 86.8 Å². The van der Waals surface area contributed by atoms with Crippen LogP contribution in [0.5, 0.6) is 0 Å². The zero-order valence-corrected chi connectivity index (χ0v) is 35.5. The fourth-order valence-corrected chi connectivity index (χ4v) is 7.16.